The Hall–Kier alpha value is -0.330. The van der Waals surface area contributed by atoms with E-state index in [1.54, 1.807) is 31.2 Å². The molecule has 0 aliphatic carbocycles. The number of nitrogens with zero attached hydrogens (tertiary/aromatic N) is 1. The number of sulfone groups is 1. The van der Waals surface area contributed by atoms with Gasteiger partial charge in [-0.1, -0.05) is 19.1 Å². The molecule has 19 heavy (non-hydrogen) atoms. The maximum atomic E-state index is 11.6. The van der Waals surface area contributed by atoms with Gasteiger partial charge in [0.2, 0.25) is 0 Å². The van der Waals surface area contributed by atoms with Crippen molar-refractivity contribution in [2.24, 2.45) is 5.73 Å². The lowest BCUT2D eigenvalue weighted by atomic mass is 10.1. The van der Waals surface area contributed by atoms with Crippen LogP contribution in [0.15, 0.2) is 29.2 Å². The number of hydrogen-bond acceptors (Lipinski definition) is 4. The third kappa shape index (κ3) is 6.10. The molecule has 0 amide bonds. The second kappa shape index (κ2) is 8.76. The Balaban J connectivity index is 0. The van der Waals surface area contributed by atoms with E-state index in [2.05, 4.69) is 0 Å². The van der Waals surface area contributed by atoms with Gasteiger partial charge in [-0.3, -0.25) is 0 Å². The molecule has 0 unspecified atom stereocenters. The Bertz CT molecular complexity index is 461. The summed E-state index contributed by atoms with van der Waals surface area (Å²) >= 11 is 0. The molecule has 7 heteroatoms. The van der Waals surface area contributed by atoms with Crippen molar-refractivity contribution in [2.45, 2.75) is 17.9 Å². The standard InChI is InChI=1S/C12H20N2O2S.2ClH/c1-4-17(15,16)11-7-5-10(6-8-11)12(13)9-14(2)3;;/h5-8,12H,4,9,13H2,1-3H3;2*1H/t12-;;/m0../s1. The molecule has 0 bridgehead atoms. The molecule has 2 N–H and O–H groups in total. The average molecular weight is 329 g/mol. The maximum Gasteiger partial charge on any atom is 0.178 e. The van der Waals surface area contributed by atoms with Crippen LogP contribution in [0.4, 0.5) is 0 Å². The zero-order valence-corrected chi connectivity index (χ0v) is 13.8. The molecule has 0 saturated heterocycles. The van der Waals surface area contributed by atoms with Crippen LogP contribution in [-0.2, 0) is 9.84 Å². The Morgan fingerprint density at radius 2 is 1.63 bits per heavy atom. The molecule has 0 saturated carbocycles. The average Bonchev–Trinajstić information content (AvgIpc) is 2.28. The smallest absolute Gasteiger partial charge is 0.178 e. The van der Waals surface area contributed by atoms with Crippen molar-refractivity contribution in [2.75, 3.05) is 26.4 Å². The molecule has 112 valence electrons. The number of likely N-dealkylation sites (N-methyl/N-ethyl adjacent to an activating group) is 1. The number of rotatable bonds is 5. The van der Waals surface area contributed by atoms with Gasteiger partial charge in [0.05, 0.1) is 10.6 Å². The van der Waals surface area contributed by atoms with Gasteiger partial charge in [0.1, 0.15) is 0 Å². The van der Waals surface area contributed by atoms with Crippen LogP contribution in [0.2, 0.25) is 0 Å². The first-order valence-corrected chi connectivity index (χ1v) is 7.25. The van der Waals surface area contributed by atoms with Gasteiger partial charge in [0.25, 0.3) is 0 Å². The van der Waals surface area contributed by atoms with Gasteiger partial charge >= 0.3 is 0 Å². The molecule has 0 heterocycles. The molecular weight excluding hydrogens is 307 g/mol. The van der Waals surface area contributed by atoms with Crippen molar-refractivity contribution in [3.8, 4) is 0 Å². The van der Waals surface area contributed by atoms with Crippen molar-refractivity contribution >= 4 is 34.7 Å². The highest BCUT2D eigenvalue weighted by Crippen LogP contribution is 2.16. The van der Waals surface area contributed by atoms with Crippen molar-refractivity contribution in [3.63, 3.8) is 0 Å². The zero-order chi connectivity index (χ0) is 13.1. The fourth-order valence-electron chi connectivity index (χ4n) is 1.59. The van der Waals surface area contributed by atoms with Gasteiger partial charge in [-0.05, 0) is 31.8 Å². The highest BCUT2D eigenvalue weighted by Gasteiger charge is 2.12. The third-order valence-electron chi connectivity index (χ3n) is 2.61. The molecule has 4 nitrogen and oxygen atoms in total. The van der Waals surface area contributed by atoms with E-state index < -0.39 is 9.84 Å². The minimum absolute atomic E-state index is 0. The summed E-state index contributed by atoms with van der Waals surface area (Å²) in [6.45, 7) is 2.38. The lowest BCUT2D eigenvalue weighted by Crippen LogP contribution is -2.25. The molecule has 1 atom stereocenters. The second-order valence-corrected chi connectivity index (χ2v) is 6.62. The Labute approximate surface area is 128 Å². The molecule has 0 aromatic heterocycles. The maximum absolute atomic E-state index is 11.6. The fraction of sp³-hybridized carbons (Fsp3) is 0.500. The van der Waals surface area contributed by atoms with Crippen LogP contribution in [0.3, 0.4) is 0 Å². The quantitative estimate of drug-likeness (QED) is 0.896. The van der Waals surface area contributed by atoms with E-state index in [1.165, 1.54) is 0 Å². The van der Waals surface area contributed by atoms with Crippen LogP contribution in [0, 0.1) is 0 Å². The summed E-state index contributed by atoms with van der Waals surface area (Å²) < 4.78 is 23.2. The first-order chi connectivity index (χ1) is 7.86. The summed E-state index contributed by atoms with van der Waals surface area (Å²) in [6, 6.07) is 6.74. The van der Waals surface area contributed by atoms with Gasteiger partial charge < -0.3 is 10.6 Å². The summed E-state index contributed by atoms with van der Waals surface area (Å²) in [4.78, 5) is 2.36. The zero-order valence-electron chi connectivity index (χ0n) is 11.4. The van der Waals surface area contributed by atoms with Crippen LogP contribution in [0.5, 0.6) is 0 Å². The van der Waals surface area contributed by atoms with Crippen molar-refractivity contribution in [3.05, 3.63) is 29.8 Å². The van der Waals surface area contributed by atoms with Gasteiger partial charge in [0.15, 0.2) is 9.84 Å². The van der Waals surface area contributed by atoms with E-state index in [4.69, 9.17) is 5.73 Å². The summed E-state index contributed by atoms with van der Waals surface area (Å²) in [5.74, 6) is 0.121. The Kier molecular flexibility index (Phi) is 9.68. The normalized spacial score (nSPS) is 12.5. The van der Waals surface area contributed by atoms with Crippen LogP contribution >= 0.6 is 24.8 Å². The van der Waals surface area contributed by atoms with E-state index in [1.807, 2.05) is 19.0 Å². The molecule has 1 aromatic rings. The van der Waals surface area contributed by atoms with E-state index >= 15 is 0 Å². The number of halogens is 2. The van der Waals surface area contributed by atoms with Crippen LogP contribution in [-0.4, -0.2) is 39.7 Å². The summed E-state index contributed by atoms with van der Waals surface area (Å²) in [5, 5.41) is 0. The molecule has 1 aromatic carbocycles. The predicted octanol–water partition coefficient (Wildman–Crippen LogP) is 1.89. The minimum Gasteiger partial charge on any atom is -0.323 e. The number of hydrogen-bond donors (Lipinski definition) is 1. The lowest BCUT2D eigenvalue weighted by Gasteiger charge is -2.17. The van der Waals surface area contributed by atoms with Crippen LogP contribution in [0.25, 0.3) is 0 Å². The summed E-state index contributed by atoms with van der Waals surface area (Å²) in [7, 11) is 0.793. The largest absolute Gasteiger partial charge is 0.323 e. The van der Waals surface area contributed by atoms with Crippen molar-refractivity contribution in [1.29, 1.82) is 0 Å². The summed E-state index contributed by atoms with van der Waals surface area (Å²) in [6.07, 6.45) is 0. The van der Waals surface area contributed by atoms with Gasteiger partial charge in [0, 0.05) is 12.6 Å². The fourth-order valence-corrected chi connectivity index (χ4v) is 2.47. The van der Waals surface area contributed by atoms with E-state index in [0.717, 1.165) is 12.1 Å². The molecule has 1 rings (SSSR count). The molecule has 0 spiro atoms. The van der Waals surface area contributed by atoms with E-state index in [-0.39, 0.29) is 36.6 Å². The topological polar surface area (TPSA) is 63.4 Å². The predicted molar refractivity (Wildman–Crippen MR) is 84.1 cm³/mol. The van der Waals surface area contributed by atoms with Gasteiger partial charge in [-0.2, -0.15) is 0 Å². The number of nitrogens with two attached hydrogens (primary N) is 1. The highest BCUT2D eigenvalue weighted by molar-refractivity contribution is 7.91. The Morgan fingerprint density at radius 1 is 1.16 bits per heavy atom. The number of benzene rings is 1. The SMILES string of the molecule is CCS(=O)(=O)c1ccc([C@@H](N)CN(C)C)cc1.Cl.Cl. The van der Waals surface area contributed by atoms with Crippen molar-refractivity contribution < 1.29 is 8.42 Å². The van der Waals surface area contributed by atoms with Crippen LogP contribution < -0.4 is 5.73 Å². The van der Waals surface area contributed by atoms with Gasteiger partial charge in [-0.15, -0.1) is 24.8 Å². The molecule has 0 radical (unpaired) electrons. The molecule has 0 fully saturated rings. The second-order valence-electron chi connectivity index (χ2n) is 4.34. The first kappa shape index (κ1) is 21.0. The highest BCUT2D eigenvalue weighted by atomic mass is 35.5. The minimum atomic E-state index is -3.11. The molecular formula is C12H22Cl2N2O2S. The van der Waals surface area contributed by atoms with Crippen LogP contribution in [0.1, 0.15) is 18.5 Å². The van der Waals surface area contributed by atoms with Gasteiger partial charge in [-0.25, -0.2) is 8.42 Å². The molecule has 0 aliphatic heterocycles. The third-order valence-corrected chi connectivity index (χ3v) is 4.36. The first-order valence-electron chi connectivity index (χ1n) is 5.60. The summed E-state index contributed by atoms with van der Waals surface area (Å²) in [5.41, 5.74) is 6.95. The lowest BCUT2D eigenvalue weighted by molar-refractivity contribution is 0.376. The van der Waals surface area contributed by atoms with Crippen molar-refractivity contribution in [1.82, 2.24) is 4.90 Å². The molecule has 0 aliphatic rings. The Morgan fingerprint density at radius 3 is 2.00 bits per heavy atom. The van der Waals surface area contributed by atoms with E-state index in [0.29, 0.717) is 4.90 Å². The monoisotopic (exact) mass is 328 g/mol. The van der Waals surface area contributed by atoms with E-state index in [9.17, 15) is 8.42 Å².